The summed E-state index contributed by atoms with van der Waals surface area (Å²) in [6.45, 7) is 28.9. The van der Waals surface area contributed by atoms with Gasteiger partial charge in [-0.25, -0.2) is 50.5 Å². The van der Waals surface area contributed by atoms with Crippen molar-refractivity contribution in [3.63, 3.8) is 0 Å². The molecule has 12 rings (SSSR count). The number of ether oxygens (including phenoxy) is 3. The first-order valence-corrected chi connectivity index (χ1v) is 50.6. The van der Waals surface area contributed by atoms with Crippen molar-refractivity contribution in [3.05, 3.63) is 101 Å². The Hall–Kier alpha value is -2.42. The summed E-state index contributed by atoms with van der Waals surface area (Å²) in [6.07, 6.45) is 13.1. The first-order chi connectivity index (χ1) is 49.3. The third-order valence-electron chi connectivity index (χ3n) is 19.7. The van der Waals surface area contributed by atoms with Crippen LogP contribution in [0.2, 0.25) is 0 Å². The van der Waals surface area contributed by atoms with Gasteiger partial charge in [0.15, 0.2) is 29.5 Å². The molecule has 0 saturated heterocycles. The van der Waals surface area contributed by atoms with Crippen molar-refractivity contribution in [2.75, 3.05) is 93.5 Å². The van der Waals surface area contributed by atoms with Crippen LogP contribution in [0.1, 0.15) is 231 Å². The van der Waals surface area contributed by atoms with Gasteiger partial charge >= 0.3 is 0 Å². The van der Waals surface area contributed by atoms with E-state index in [1.807, 2.05) is 87.3 Å². The quantitative estimate of drug-likeness (QED) is 0.0533. The highest BCUT2D eigenvalue weighted by atomic mass is 32.3. The lowest BCUT2D eigenvalue weighted by Crippen LogP contribution is -2.43. The number of fused-ring (bicyclic) bond motifs is 6. The lowest BCUT2D eigenvalue weighted by atomic mass is 9.91. The highest BCUT2D eigenvalue weighted by Crippen LogP contribution is 2.47. The standard InChI is InChI=1S/C14H23NO3S2.C13H21NO3S2.C12H20N2O3S2.C12H18O2S2.C11H16O2S2.C10H15NO2S2/c1-4-6-12-10-15(7-5-8-18-3)20(16,17)14-13(12)9-11(2)19-14;1-3-5-11-10-14(7-4-8-17-2)19(15,16)13-12(11)6-9-18-13;1-3-13-11-9-14(6-4-7-17-2)19(15,16)12-10(11)5-8-18-12;1-4-5-10-7-9(3)16(13,14)12-11(10)6-8(2)15-12;1-3-4-9-7-8(2)15(12,13)11-10(9)5-6-14-11;1-3-11-9-6-7(2)15(12,13)10-8(9)4-5-14-10/h9,12H,4-8,10H2,1-3H3;6,9,11H,3-5,7-8,10H2,1-2H3;5,8,11,13H,3-4,6-7,9H2,1-2H3;6,9-10H,4-5,7H2,1-3H3;5-6,8-9H,3-4,7H2,1-2H3;4-5,7,9,11H,3,6H2,1-2H3/t12-;2*11-;9-,10-;8-,9-;7-,9-/m000000/s1. The molecule has 0 spiro atoms. The number of rotatable bonds is 24. The number of hydrogen-bond donors (Lipinski definition) is 2. The Bertz CT molecular complexity index is 4210. The number of nitrogens with one attached hydrogen (secondary N) is 2. The van der Waals surface area contributed by atoms with E-state index in [-0.39, 0.29) is 27.8 Å². The SMILES string of the molecule is CCC[C@H]1CN(CCCOC)S(=O)(=O)c2sc(C)cc21.CCC[C@H]1CN(CCCOC)S(=O)(=O)c2sccc21.CCC[C@H]1C[C@H](C)S(=O)(=O)c2sc(C)cc21.CCC[C@H]1C[C@H](C)S(=O)(=O)c2sccc21.CCN[C@H]1CN(CCCOC)S(=O)(=O)c2sccc21.CCN[C@H]1C[C@H](C)S(=O)(=O)c2sccc21. The molecule has 6 aromatic heterocycles. The molecule has 0 amide bonds. The van der Waals surface area contributed by atoms with Gasteiger partial charge in [0.1, 0.15) is 25.3 Å². The molecule has 0 bridgehead atoms. The minimum atomic E-state index is -3.31. The van der Waals surface area contributed by atoms with E-state index in [1.54, 1.807) is 41.2 Å². The zero-order valence-electron chi connectivity index (χ0n) is 63.0. The van der Waals surface area contributed by atoms with Crippen LogP contribution in [0.3, 0.4) is 0 Å². The molecule has 0 aromatic carbocycles. The molecule has 104 heavy (non-hydrogen) atoms. The maximum atomic E-state index is 12.7. The molecule has 588 valence electrons. The number of sulfone groups is 3. The summed E-state index contributed by atoms with van der Waals surface area (Å²) in [5, 5.41) is 13.5. The zero-order chi connectivity index (χ0) is 76.5. The number of aryl methyl sites for hydroxylation is 2. The van der Waals surface area contributed by atoms with Crippen molar-refractivity contribution < 1.29 is 64.7 Å². The van der Waals surface area contributed by atoms with E-state index >= 15 is 0 Å². The molecule has 32 heteroatoms. The summed E-state index contributed by atoms with van der Waals surface area (Å²) in [5.74, 6) is 1.58. The van der Waals surface area contributed by atoms with Gasteiger partial charge in [-0.2, -0.15) is 12.9 Å². The summed E-state index contributed by atoms with van der Waals surface area (Å²) >= 11 is 8.21. The summed E-state index contributed by atoms with van der Waals surface area (Å²) in [7, 11) is -14.1. The molecule has 0 radical (unpaired) electrons. The number of sulfonamides is 3. The van der Waals surface area contributed by atoms with Gasteiger partial charge in [0.25, 0.3) is 30.1 Å². The fraction of sp³-hybridized carbons (Fsp3) is 0.667. The average Bonchev–Trinajstić information content (AvgIpc) is 1.53. The minimum Gasteiger partial charge on any atom is -0.385 e. The third-order valence-corrected chi connectivity index (χ3v) is 41.1. The van der Waals surface area contributed by atoms with E-state index in [0.29, 0.717) is 114 Å². The zero-order valence-corrected chi connectivity index (χ0v) is 72.8. The van der Waals surface area contributed by atoms with Gasteiger partial charge < -0.3 is 24.8 Å². The predicted octanol–water partition coefficient (Wildman–Crippen LogP) is 15.8. The Kier molecular flexibility index (Phi) is 34.3. The molecule has 12 heterocycles. The van der Waals surface area contributed by atoms with Gasteiger partial charge in [-0.1, -0.05) is 67.2 Å². The second kappa shape index (κ2) is 40.2. The van der Waals surface area contributed by atoms with Crippen LogP contribution in [-0.4, -0.2) is 173 Å². The monoisotopic (exact) mass is 1670 g/mol. The summed E-state index contributed by atoms with van der Waals surface area (Å²) in [4.78, 5) is 2.20. The molecule has 0 saturated carbocycles. The molecule has 0 unspecified atom stereocenters. The molecule has 20 nitrogen and oxygen atoms in total. The maximum absolute atomic E-state index is 12.7. The number of methoxy groups -OCH3 is 3. The molecule has 6 aliphatic rings. The minimum absolute atomic E-state index is 0.0947. The van der Waals surface area contributed by atoms with Gasteiger partial charge in [0.2, 0.25) is 0 Å². The van der Waals surface area contributed by atoms with E-state index in [0.717, 1.165) is 140 Å². The van der Waals surface area contributed by atoms with Crippen molar-refractivity contribution in [1.29, 1.82) is 0 Å². The van der Waals surface area contributed by atoms with E-state index in [4.69, 9.17) is 14.2 Å². The molecule has 6 aromatic rings. The van der Waals surface area contributed by atoms with Crippen LogP contribution >= 0.6 is 68.0 Å². The Morgan fingerprint density at radius 3 is 1.15 bits per heavy atom. The fourth-order valence-electron chi connectivity index (χ4n) is 14.4. The van der Waals surface area contributed by atoms with Gasteiger partial charge in [0.05, 0.1) is 15.7 Å². The van der Waals surface area contributed by atoms with Gasteiger partial charge in [0, 0.05) is 108 Å². The van der Waals surface area contributed by atoms with Gasteiger partial charge in [-0.05, 0) is 221 Å². The van der Waals surface area contributed by atoms with Crippen LogP contribution in [0.25, 0.3) is 0 Å². The van der Waals surface area contributed by atoms with Crippen molar-refractivity contribution in [3.8, 4) is 0 Å². The number of thiophene rings is 6. The topological polar surface area (TPSA) is 266 Å². The largest absolute Gasteiger partial charge is 0.385 e. The van der Waals surface area contributed by atoms with Crippen LogP contribution in [0.15, 0.2) is 83.2 Å². The Morgan fingerprint density at radius 2 is 0.712 bits per heavy atom. The molecular weight excluding hydrogens is 1560 g/mol. The van der Waals surface area contributed by atoms with Crippen LogP contribution in [0.4, 0.5) is 0 Å². The summed E-state index contributed by atoms with van der Waals surface area (Å²) in [5.41, 5.74) is 6.09. The normalized spacial score (nSPS) is 24.9. The van der Waals surface area contributed by atoms with Crippen LogP contribution in [0, 0.1) is 13.8 Å². The molecule has 0 fully saturated rings. The lowest BCUT2D eigenvalue weighted by molar-refractivity contribution is 0.185. The number of likely N-dealkylation sites (N-methyl/N-ethyl adjacent to an activating group) is 1. The second-order valence-corrected chi connectivity index (χ2v) is 47.7. The Morgan fingerprint density at radius 1 is 0.394 bits per heavy atom. The first kappa shape index (κ1) is 88.8. The Balaban J connectivity index is 0.000000175. The predicted molar refractivity (Wildman–Crippen MR) is 428 cm³/mol. The third kappa shape index (κ3) is 21.0. The number of hydrogen-bond acceptors (Lipinski definition) is 23. The lowest BCUT2D eigenvalue weighted by Gasteiger charge is -2.32. The van der Waals surface area contributed by atoms with Gasteiger partial charge in [-0.3, -0.25) is 0 Å². The average molecular weight is 1670 g/mol. The van der Waals surface area contributed by atoms with E-state index in [1.165, 1.54) is 68.0 Å². The first-order valence-electron chi connectivity index (χ1n) is 36.5. The van der Waals surface area contributed by atoms with Crippen LogP contribution < -0.4 is 10.6 Å². The Labute approximate surface area is 647 Å². The summed E-state index contributed by atoms with van der Waals surface area (Å²) < 4.78 is 171. The van der Waals surface area contributed by atoms with Crippen molar-refractivity contribution >= 4 is 128 Å². The van der Waals surface area contributed by atoms with E-state index in [9.17, 15) is 50.5 Å². The van der Waals surface area contributed by atoms with Crippen LogP contribution in [0.5, 0.6) is 0 Å². The number of nitrogens with zero attached hydrogens (tertiary/aromatic N) is 3. The highest BCUT2D eigenvalue weighted by Gasteiger charge is 2.43. The molecule has 6 aliphatic heterocycles. The van der Waals surface area contributed by atoms with Crippen molar-refractivity contribution in [2.45, 2.75) is 243 Å². The maximum Gasteiger partial charge on any atom is 0.252 e. The van der Waals surface area contributed by atoms with E-state index < -0.39 is 59.6 Å². The molecule has 0 aliphatic carbocycles. The molecule has 2 N–H and O–H groups in total. The smallest absolute Gasteiger partial charge is 0.252 e. The molecule has 9 atom stereocenters. The highest BCUT2D eigenvalue weighted by molar-refractivity contribution is 7.95. The second-order valence-electron chi connectivity index (χ2n) is 27.4. The van der Waals surface area contributed by atoms with Gasteiger partial charge in [-0.15, -0.1) is 68.0 Å². The van der Waals surface area contributed by atoms with Crippen LogP contribution in [-0.2, 0) is 73.8 Å². The van der Waals surface area contributed by atoms with Crippen molar-refractivity contribution in [2.24, 2.45) is 0 Å². The summed E-state index contributed by atoms with van der Waals surface area (Å²) in [6, 6.07) is 12.2. The fourth-order valence-corrected chi connectivity index (χ4v) is 34.3. The molecular formula is C72H113N5O15S12. The van der Waals surface area contributed by atoms with E-state index in [2.05, 4.69) is 50.5 Å². The van der Waals surface area contributed by atoms with Crippen molar-refractivity contribution in [1.82, 2.24) is 23.5 Å².